The van der Waals surface area contributed by atoms with Gasteiger partial charge in [0.15, 0.2) is 0 Å². The summed E-state index contributed by atoms with van der Waals surface area (Å²) < 4.78 is 5.49. The number of pyridine rings is 1. The Morgan fingerprint density at radius 2 is 2.46 bits per heavy atom. The van der Waals surface area contributed by atoms with Crippen LogP contribution >= 0.6 is 0 Å². The summed E-state index contributed by atoms with van der Waals surface area (Å²) in [5.74, 6) is 0. The van der Waals surface area contributed by atoms with Gasteiger partial charge in [0, 0.05) is 24.6 Å². The summed E-state index contributed by atoms with van der Waals surface area (Å²) >= 11 is 0. The predicted octanol–water partition coefficient (Wildman–Crippen LogP) is 1.80. The smallest absolute Gasteiger partial charge is 0.101 e. The molecule has 1 unspecified atom stereocenters. The van der Waals surface area contributed by atoms with Crippen molar-refractivity contribution in [1.29, 1.82) is 5.26 Å². The van der Waals surface area contributed by atoms with E-state index >= 15 is 0 Å². The molecule has 1 aliphatic heterocycles. The number of nitrogens with zero attached hydrogens (tertiary/aromatic N) is 2. The van der Waals surface area contributed by atoms with Crippen molar-refractivity contribution in [3.05, 3.63) is 29.6 Å². The molecule has 0 N–H and O–H groups in total. The summed E-state index contributed by atoms with van der Waals surface area (Å²) in [6.07, 6.45) is 5.63. The van der Waals surface area contributed by atoms with Gasteiger partial charge in [-0.25, -0.2) is 0 Å². The molecule has 0 bridgehead atoms. The fourth-order valence-corrected chi connectivity index (χ4v) is 1.54. The molecular weight excluding hydrogens is 164 g/mol. The lowest BCUT2D eigenvalue weighted by molar-refractivity contribution is 0.111. The van der Waals surface area contributed by atoms with Gasteiger partial charge in [0.25, 0.3) is 0 Å². The third-order valence-electron chi connectivity index (χ3n) is 2.19. The summed E-state index contributed by atoms with van der Waals surface area (Å²) in [4.78, 5) is 4.00. The number of rotatable bonds is 1. The first-order valence-electron chi connectivity index (χ1n) is 4.37. The minimum Gasteiger partial charge on any atom is -0.373 e. The summed E-state index contributed by atoms with van der Waals surface area (Å²) in [6, 6.07) is 3.92. The molecule has 66 valence electrons. The molecule has 0 aliphatic carbocycles. The van der Waals surface area contributed by atoms with E-state index in [1.165, 1.54) is 0 Å². The van der Waals surface area contributed by atoms with Crippen LogP contribution in [-0.2, 0) is 4.74 Å². The van der Waals surface area contributed by atoms with Crippen LogP contribution < -0.4 is 0 Å². The largest absolute Gasteiger partial charge is 0.373 e. The van der Waals surface area contributed by atoms with Crippen LogP contribution in [0.4, 0.5) is 0 Å². The summed E-state index contributed by atoms with van der Waals surface area (Å²) in [5, 5.41) is 8.67. The zero-order valence-corrected chi connectivity index (χ0v) is 7.23. The molecule has 2 rings (SSSR count). The summed E-state index contributed by atoms with van der Waals surface area (Å²) in [6.45, 7) is 0.821. The average molecular weight is 174 g/mol. The van der Waals surface area contributed by atoms with Crippen molar-refractivity contribution in [1.82, 2.24) is 4.98 Å². The molecule has 3 nitrogen and oxygen atoms in total. The van der Waals surface area contributed by atoms with Gasteiger partial charge in [-0.05, 0) is 18.9 Å². The zero-order chi connectivity index (χ0) is 9.10. The van der Waals surface area contributed by atoms with Crippen LogP contribution in [0.5, 0.6) is 0 Å². The maximum Gasteiger partial charge on any atom is 0.101 e. The molecule has 1 aromatic heterocycles. The first kappa shape index (κ1) is 8.21. The topological polar surface area (TPSA) is 45.9 Å². The third kappa shape index (κ3) is 1.68. The van der Waals surface area contributed by atoms with Crippen LogP contribution in [0.3, 0.4) is 0 Å². The van der Waals surface area contributed by atoms with Crippen LogP contribution in [0.1, 0.15) is 30.1 Å². The number of nitriles is 1. The van der Waals surface area contributed by atoms with E-state index in [9.17, 15) is 0 Å². The van der Waals surface area contributed by atoms with Gasteiger partial charge in [-0.1, -0.05) is 0 Å². The van der Waals surface area contributed by atoms with E-state index in [1.807, 2.05) is 6.07 Å². The van der Waals surface area contributed by atoms with Crippen molar-refractivity contribution in [3.8, 4) is 6.07 Å². The van der Waals surface area contributed by atoms with Gasteiger partial charge in [-0.3, -0.25) is 4.98 Å². The van der Waals surface area contributed by atoms with Crippen molar-refractivity contribution in [3.63, 3.8) is 0 Å². The van der Waals surface area contributed by atoms with Crippen molar-refractivity contribution in [2.45, 2.75) is 18.9 Å². The minimum atomic E-state index is 0.154. The van der Waals surface area contributed by atoms with E-state index in [2.05, 4.69) is 11.1 Å². The number of ether oxygens (including phenoxy) is 1. The molecule has 1 aromatic rings. The van der Waals surface area contributed by atoms with Gasteiger partial charge in [-0.2, -0.15) is 5.26 Å². The van der Waals surface area contributed by atoms with Gasteiger partial charge >= 0.3 is 0 Å². The molecular formula is C10H10N2O. The molecule has 0 radical (unpaired) electrons. The molecule has 13 heavy (non-hydrogen) atoms. The van der Waals surface area contributed by atoms with Gasteiger partial charge < -0.3 is 4.74 Å². The Balaban J connectivity index is 2.25. The second-order valence-corrected chi connectivity index (χ2v) is 3.12. The number of aromatic nitrogens is 1. The normalized spacial score (nSPS) is 21.3. The highest BCUT2D eigenvalue weighted by Gasteiger charge is 2.17. The Bertz CT molecular complexity index is 337. The van der Waals surface area contributed by atoms with Crippen molar-refractivity contribution >= 4 is 0 Å². The Hall–Kier alpha value is -1.40. The van der Waals surface area contributed by atoms with Crippen LogP contribution in [0.2, 0.25) is 0 Å². The summed E-state index contributed by atoms with van der Waals surface area (Å²) in [5.41, 5.74) is 1.63. The van der Waals surface area contributed by atoms with Crippen LogP contribution in [0.15, 0.2) is 18.5 Å². The first-order valence-corrected chi connectivity index (χ1v) is 4.37. The van der Waals surface area contributed by atoms with Gasteiger partial charge in [0.2, 0.25) is 0 Å². The Morgan fingerprint density at radius 3 is 3.15 bits per heavy atom. The summed E-state index contributed by atoms with van der Waals surface area (Å²) in [7, 11) is 0. The number of hydrogen-bond acceptors (Lipinski definition) is 3. The van der Waals surface area contributed by atoms with Gasteiger partial charge in [0.05, 0.1) is 11.7 Å². The standard InChI is InChI=1S/C10H10N2O/c11-5-8-4-9(7-12-6-8)10-2-1-3-13-10/h4,6-7,10H,1-3H2. The number of hydrogen-bond donors (Lipinski definition) is 0. The Morgan fingerprint density at radius 1 is 1.54 bits per heavy atom. The minimum absolute atomic E-state index is 0.154. The molecule has 1 fully saturated rings. The van der Waals surface area contributed by atoms with Crippen LogP contribution in [0.25, 0.3) is 0 Å². The highest BCUT2D eigenvalue weighted by atomic mass is 16.5. The second-order valence-electron chi connectivity index (χ2n) is 3.12. The van der Waals surface area contributed by atoms with Gasteiger partial charge in [-0.15, -0.1) is 0 Å². The van der Waals surface area contributed by atoms with E-state index in [0.29, 0.717) is 5.56 Å². The Labute approximate surface area is 77.0 Å². The molecule has 0 amide bonds. The molecule has 1 saturated heterocycles. The van der Waals surface area contributed by atoms with Crippen molar-refractivity contribution in [2.75, 3.05) is 6.61 Å². The quantitative estimate of drug-likeness (QED) is 0.652. The Kier molecular flexibility index (Phi) is 2.24. The van der Waals surface area contributed by atoms with Crippen LogP contribution in [0, 0.1) is 11.3 Å². The van der Waals surface area contributed by atoms with Crippen LogP contribution in [-0.4, -0.2) is 11.6 Å². The lowest BCUT2D eigenvalue weighted by Gasteiger charge is -2.08. The van der Waals surface area contributed by atoms with Crippen molar-refractivity contribution in [2.24, 2.45) is 0 Å². The molecule has 3 heteroatoms. The molecule has 2 heterocycles. The SMILES string of the molecule is N#Cc1cncc(C2CCCO2)c1. The molecule has 0 saturated carbocycles. The maximum atomic E-state index is 8.67. The van der Waals surface area contributed by atoms with E-state index in [-0.39, 0.29) is 6.10 Å². The van der Waals surface area contributed by atoms with E-state index in [1.54, 1.807) is 12.4 Å². The van der Waals surface area contributed by atoms with E-state index in [0.717, 1.165) is 25.0 Å². The molecule has 0 aromatic carbocycles. The maximum absolute atomic E-state index is 8.67. The fourth-order valence-electron chi connectivity index (χ4n) is 1.54. The first-order chi connectivity index (χ1) is 6.40. The lowest BCUT2D eigenvalue weighted by atomic mass is 10.1. The van der Waals surface area contributed by atoms with E-state index in [4.69, 9.17) is 10.00 Å². The predicted molar refractivity (Wildman–Crippen MR) is 46.9 cm³/mol. The fraction of sp³-hybridized carbons (Fsp3) is 0.400. The highest BCUT2D eigenvalue weighted by Crippen LogP contribution is 2.27. The van der Waals surface area contributed by atoms with Crippen molar-refractivity contribution < 1.29 is 4.74 Å². The monoisotopic (exact) mass is 174 g/mol. The molecule has 1 atom stereocenters. The zero-order valence-electron chi connectivity index (χ0n) is 7.23. The van der Waals surface area contributed by atoms with E-state index < -0.39 is 0 Å². The highest BCUT2D eigenvalue weighted by molar-refractivity contribution is 5.30. The second kappa shape index (κ2) is 3.55. The third-order valence-corrected chi connectivity index (χ3v) is 2.19. The van der Waals surface area contributed by atoms with Gasteiger partial charge in [0.1, 0.15) is 6.07 Å². The molecule has 1 aliphatic rings. The molecule has 0 spiro atoms. The lowest BCUT2D eigenvalue weighted by Crippen LogP contribution is -1.96. The average Bonchev–Trinajstić information content (AvgIpc) is 2.71.